The summed E-state index contributed by atoms with van der Waals surface area (Å²) < 4.78 is 19.6. The van der Waals surface area contributed by atoms with Crippen molar-refractivity contribution in [1.29, 1.82) is 0 Å². The topological polar surface area (TPSA) is 94.2 Å². The third-order valence-corrected chi connectivity index (χ3v) is 10.3. The van der Waals surface area contributed by atoms with E-state index in [0.29, 0.717) is 19.2 Å². The molecule has 0 saturated carbocycles. The fourth-order valence-corrected chi connectivity index (χ4v) is 7.00. The molecular formula is C40H52FN5O4. The lowest BCUT2D eigenvalue weighted by Gasteiger charge is -2.35. The molecule has 5 rings (SSSR count). The number of likely N-dealkylation sites (tertiary alicyclic amines) is 1. The molecule has 10 heteroatoms. The minimum absolute atomic E-state index is 0.149. The number of hydrogen-bond donors (Lipinski definition) is 2. The average molecular weight is 686 g/mol. The van der Waals surface area contributed by atoms with E-state index in [4.69, 9.17) is 4.74 Å². The first-order chi connectivity index (χ1) is 24.2. The molecule has 3 amide bonds. The van der Waals surface area contributed by atoms with Gasteiger partial charge in [-0.1, -0.05) is 66.7 Å². The highest BCUT2D eigenvalue weighted by atomic mass is 19.1. The molecule has 0 bridgehead atoms. The van der Waals surface area contributed by atoms with E-state index in [2.05, 4.69) is 22.6 Å². The highest BCUT2D eigenvalue weighted by molar-refractivity contribution is 5.92. The first-order valence-corrected chi connectivity index (χ1v) is 17.9. The van der Waals surface area contributed by atoms with Crippen molar-refractivity contribution in [3.8, 4) is 11.1 Å². The molecule has 1 unspecified atom stereocenters. The van der Waals surface area contributed by atoms with Crippen LogP contribution < -0.4 is 10.6 Å². The monoisotopic (exact) mass is 685 g/mol. The van der Waals surface area contributed by atoms with Crippen molar-refractivity contribution in [1.82, 2.24) is 25.3 Å². The number of carbonyl (C=O) groups is 3. The van der Waals surface area contributed by atoms with Crippen molar-refractivity contribution < 1.29 is 23.5 Å². The van der Waals surface area contributed by atoms with Gasteiger partial charge in [0.05, 0.1) is 6.61 Å². The zero-order valence-electron chi connectivity index (χ0n) is 29.7. The van der Waals surface area contributed by atoms with E-state index in [1.807, 2.05) is 54.6 Å². The molecular weight excluding hydrogens is 633 g/mol. The molecule has 3 aromatic rings. The number of benzene rings is 3. The molecule has 2 heterocycles. The number of halogens is 1. The van der Waals surface area contributed by atoms with Crippen LogP contribution in [0.4, 0.5) is 4.39 Å². The zero-order chi connectivity index (χ0) is 35.5. The van der Waals surface area contributed by atoms with Crippen LogP contribution in [0.25, 0.3) is 11.1 Å². The molecule has 0 spiro atoms. The largest absolute Gasteiger partial charge is 0.370 e. The second kappa shape index (κ2) is 18.2. The third kappa shape index (κ3) is 10.2. The van der Waals surface area contributed by atoms with Gasteiger partial charge in [-0.15, -0.1) is 0 Å². The molecule has 50 heavy (non-hydrogen) atoms. The van der Waals surface area contributed by atoms with Crippen molar-refractivity contribution >= 4 is 17.7 Å². The van der Waals surface area contributed by atoms with Crippen LogP contribution in [-0.4, -0.2) is 111 Å². The van der Waals surface area contributed by atoms with Crippen LogP contribution in [0, 0.1) is 5.82 Å². The van der Waals surface area contributed by atoms with E-state index in [1.54, 1.807) is 26.2 Å². The second-order valence-corrected chi connectivity index (χ2v) is 13.7. The number of hydrogen-bond acceptors (Lipinski definition) is 6. The number of amides is 3. The Hall–Kier alpha value is -4.12. The van der Waals surface area contributed by atoms with Gasteiger partial charge in [-0.2, -0.15) is 0 Å². The predicted octanol–water partition coefficient (Wildman–Crippen LogP) is 4.30. The lowest BCUT2D eigenvalue weighted by Crippen LogP contribution is -2.56. The van der Waals surface area contributed by atoms with Crippen LogP contribution in [0.1, 0.15) is 43.2 Å². The van der Waals surface area contributed by atoms with Crippen molar-refractivity contribution in [2.45, 2.75) is 69.1 Å². The highest BCUT2D eigenvalue weighted by Gasteiger charge is 2.35. The van der Waals surface area contributed by atoms with Crippen molar-refractivity contribution in [2.75, 3.05) is 54.0 Å². The molecule has 0 aromatic heterocycles. The summed E-state index contributed by atoms with van der Waals surface area (Å²) in [6.45, 7) is 2.75. The maximum absolute atomic E-state index is 14.5. The minimum atomic E-state index is -0.890. The number of nitrogens with zero attached hydrogens (tertiary/aromatic N) is 3. The van der Waals surface area contributed by atoms with E-state index < -0.39 is 12.1 Å². The lowest BCUT2D eigenvalue weighted by molar-refractivity contribution is -0.149. The van der Waals surface area contributed by atoms with Crippen LogP contribution >= 0.6 is 0 Å². The molecule has 2 aliphatic rings. The Labute approximate surface area is 296 Å². The van der Waals surface area contributed by atoms with Crippen LogP contribution in [0.5, 0.6) is 0 Å². The van der Waals surface area contributed by atoms with Crippen LogP contribution in [0.2, 0.25) is 0 Å². The van der Waals surface area contributed by atoms with Crippen molar-refractivity contribution in [2.24, 2.45) is 0 Å². The van der Waals surface area contributed by atoms with Crippen LogP contribution in [0.15, 0.2) is 78.9 Å². The fraction of sp³-hybridized carbons (Fsp3) is 0.475. The smallest absolute Gasteiger partial charge is 0.249 e. The molecule has 2 N–H and O–H groups in total. The van der Waals surface area contributed by atoms with Gasteiger partial charge in [-0.05, 0) is 86.6 Å². The molecule has 2 aliphatic heterocycles. The molecule has 3 aromatic carbocycles. The van der Waals surface area contributed by atoms with Crippen LogP contribution in [-0.2, 0) is 32.0 Å². The molecule has 4 atom stereocenters. The Morgan fingerprint density at radius 1 is 0.880 bits per heavy atom. The summed E-state index contributed by atoms with van der Waals surface area (Å²) in [4.78, 5) is 47.1. The van der Waals surface area contributed by atoms with Gasteiger partial charge in [0.15, 0.2) is 0 Å². The van der Waals surface area contributed by atoms with Gasteiger partial charge in [-0.3, -0.25) is 14.4 Å². The Kier molecular flexibility index (Phi) is 13.5. The summed E-state index contributed by atoms with van der Waals surface area (Å²) in [7, 11) is 5.35. The normalized spacial score (nSPS) is 18.8. The number of ether oxygens (including phenoxy) is 1. The van der Waals surface area contributed by atoms with Gasteiger partial charge in [0.2, 0.25) is 17.7 Å². The first kappa shape index (κ1) is 37.1. The summed E-state index contributed by atoms with van der Waals surface area (Å²) in [5.74, 6) is -1.32. The first-order valence-electron chi connectivity index (χ1n) is 17.9. The predicted molar refractivity (Wildman–Crippen MR) is 194 cm³/mol. The number of likely N-dealkylation sites (N-methyl/N-ethyl adjacent to an activating group) is 2. The van der Waals surface area contributed by atoms with E-state index in [-0.39, 0.29) is 49.0 Å². The minimum Gasteiger partial charge on any atom is -0.370 e. The Morgan fingerprint density at radius 3 is 2.18 bits per heavy atom. The van der Waals surface area contributed by atoms with E-state index in [1.165, 1.54) is 21.9 Å². The quantitative estimate of drug-likeness (QED) is 0.234. The fourth-order valence-electron chi connectivity index (χ4n) is 7.00. The Balaban J connectivity index is 1.34. The molecule has 0 radical (unpaired) electrons. The van der Waals surface area contributed by atoms with Gasteiger partial charge < -0.3 is 30.1 Å². The number of carbonyl (C=O) groups excluding carboxylic acids is 3. The van der Waals surface area contributed by atoms with Gasteiger partial charge in [0.25, 0.3) is 0 Å². The van der Waals surface area contributed by atoms with E-state index in [0.717, 1.165) is 67.4 Å². The zero-order valence-corrected chi connectivity index (χ0v) is 29.7. The van der Waals surface area contributed by atoms with Crippen molar-refractivity contribution in [3.05, 3.63) is 95.8 Å². The Morgan fingerprint density at radius 2 is 1.54 bits per heavy atom. The second-order valence-electron chi connectivity index (χ2n) is 13.7. The molecule has 2 fully saturated rings. The average Bonchev–Trinajstić information content (AvgIpc) is 3.81. The molecule has 2 saturated heterocycles. The summed E-state index contributed by atoms with van der Waals surface area (Å²) in [5.41, 5.74) is 3.75. The summed E-state index contributed by atoms with van der Waals surface area (Å²) in [6, 6.07) is 22.9. The maximum Gasteiger partial charge on any atom is 0.249 e. The summed E-state index contributed by atoms with van der Waals surface area (Å²) in [6.07, 6.45) is 5.60. The molecule has 0 aliphatic carbocycles. The molecule has 9 nitrogen and oxygen atoms in total. The molecule has 268 valence electrons. The van der Waals surface area contributed by atoms with Crippen LogP contribution in [0.3, 0.4) is 0 Å². The van der Waals surface area contributed by atoms with Gasteiger partial charge in [-0.25, -0.2) is 4.39 Å². The van der Waals surface area contributed by atoms with E-state index in [9.17, 15) is 18.8 Å². The van der Waals surface area contributed by atoms with Gasteiger partial charge >= 0.3 is 0 Å². The summed E-state index contributed by atoms with van der Waals surface area (Å²) >= 11 is 0. The Bertz CT molecular complexity index is 1530. The van der Waals surface area contributed by atoms with Gasteiger partial charge in [0, 0.05) is 45.6 Å². The van der Waals surface area contributed by atoms with Crippen molar-refractivity contribution in [3.63, 3.8) is 0 Å². The SMILES string of the molecule is CN1CCCC1CCNC(=O)[C@@H](Cc1ccc(F)cc1)N(C)C(=O)[C@@H](Cc1ccc(-c2ccccc2)cc1)N(C)C(=O)COC[C@@H]1CCCN1. The number of nitrogens with one attached hydrogen (secondary N) is 2. The standard InChI is InChI=1S/C40H52FN5O4/c1-44-24-8-12-35(44)21-23-43-39(48)36(25-30-15-19-33(41)20-16-30)46(3)40(49)37(45(2)38(47)28-50-27-34-11-7-22-42-34)26-29-13-17-32(18-14-29)31-9-5-4-6-10-31/h4-6,9-10,13-20,34-37,42H,7-8,11-12,21-28H2,1-3H3,(H,43,48)/t34-,35?,36+,37+/m0/s1. The third-order valence-electron chi connectivity index (χ3n) is 10.3. The lowest BCUT2D eigenvalue weighted by atomic mass is 9.98. The highest BCUT2D eigenvalue weighted by Crippen LogP contribution is 2.22. The summed E-state index contributed by atoms with van der Waals surface area (Å²) in [5, 5.41) is 6.45. The number of rotatable bonds is 16. The maximum atomic E-state index is 14.5. The van der Waals surface area contributed by atoms with Gasteiger partial charge in [0.1, 0.15) is 24.5 Å². The van der Waals surface area contributed by atoms with E-state index >= 15 is 0 Å².